The van der Waals surface area contributed by atoms with Gasteiger partial charge in [0.25, 0.3) is 0 Å². The number of hydrogen-bond acceptors (Lipinski definition) is 6. The number of amides is 1. The molecule has 292 valence electrons. The first kappa shape index (κ1) is 42.7. The van der Waals surface area contributed by atoms with Gasteiger partial charge in [-0.25, -0.2) is 0 Å². The molecule has 0 aliphatic rings. The molecule has 0 bridgehead atoms. The topological polar surface area (TPSA) is 71.5 Å². The lowest BCUT2D eigenvalue weighted by Crippen LogP contribution is -2.32. The number of carbonyl (C=O) groups is 2. The van der Waals surface area contributed by atoms with Crippen molar-refractivity contribution in [2.24, 2.45) is 0 Å². The van der Waals surface area contributed by atoms with E-state index in [1.165, 1.54) is 16.7 Å². The molecule has 5 rings (SSSR count). The van der Waals surface area contributed by atoms with Crippen molar-refractivity contribution in [3.8, 4) is 0 Å². The summed E-state index contributed by atoms with van der Waals surface area (Å²) in [4.78, 5) is 32.5. The minimum absolute atomic E-state index is 0.0158. The smallest absolute Gasteiger partial charge is 0.320 e. The molecule has 5 aromatic rings. The van der Waals surface area contributed by atoms with Crippen molar-refractivity contribution in [1.29, 1.82) is 0 Å². The number of esters is 1. The predicted molar refractivity (Wildman–Crippen MR) is 235 cm³/mol. The number of hydrogen-bond donors (Lipinski definition) is 1. The number of pyridine rings is 1. The molecule has 0 spiro atoms. The monoisotopic (exact) mass is 803 g/mol. The van der Waals surface area contributed by atoms with E-state index in [-0.39, 0.29) is 23.2 Å². The highest BCUT2D eigenvalue weighted by Crippen LogP contribution is 2.48. The van der Waals surface area contributed by atoms with Crippen LogP contribution in [0.25, 0.3) is 0 Å². The molecule has 0 fully saturated rings. The Morgan fingerprint density at radius 2 is 1.32 bits per heavy atom. The van der Waals surface area contributed by atoms with Gasteiger partial charge in [-0.1, -0.05) is 153 Å². The fraction of sp³-hybridized carbons (Fsp3) is 0.298. The second-order valence-corrected chi connectivity index (χ2v) is 22.5. The highest BCUT2D eigenvalue weighted by Gasteiger charge is 2.36. The maximum absolute atomic E-state index is 12.8. The molecule has 56 heavy (non-hydrogen) atoms. The molecular formula is C47H54ClN3O3SSi. The quantitative estimate of drug-likeness (QED) is 0.0262. The van der Waals surface area contributed by atoms with Gasteiger partial charge in [-0.15, -0.1) is 11.8 Å². The van der Waals surface area contributed by atoms with Gasteiger partial charge in [-0.05, 0) is 71.2 Å². The number of ether oxygens (including phenoxy) is 1. The Morgan fingerprint density at radius 1 is 0.750 bits per heavy atom. The molecule has 1 heterocycles. The third kappa shape index (κ3) is 13.6. The molecule has 0 radical (unpaired) electrons. The third-order valence-corrected chi connectivity index (χ3v) is 12.9. The summed E-state index contributed by atoms with van der Waals surface area (Å²) in [6.07, 6.45) is 6.26. The number of benzene rings is 4. The molecule has 1 aromatic heterocycles. The first-order chi connectivity index (χ1) is 27.1. The van der Waals surface area contributed by atoms with Gasteiger partial charge in [0.2, 0.25) is 5.91 Å². The molecule has 9 heteroatoms. The van der Waals surface area contributed by atoms with Crippen molar-refractivity contribution in [2.75, 3.05) is 18.9 Å². The summed E-state index contributed by atoms with van der Waals surface area (Å²) in [6.45, 7) is 8.74. The van der Waals surface area contributed by atoms with Gasteiger partial charge >= 0.3 is 5.97 Å². The van der Waals surface area contributed by atoms with E-state index in [0.717, 1.165) is 35.2 Å². The molecule has 0 unspecified atom stereocenters. The minimum atomic E-state index is -1.31. The zero-order valence-corrected chi connectivity index (χ0v) is 35.4. The fourth-order valence-electron chi connectivity index (χ4n) is 6.44. The van der Waals surface area contributed by atoms with Crippen molar-refractivity contribution in [3.05, 3.63) is 184 Å². The highest BCUT2D eigenvalue weighted by atomic mass is 35.5. The van der Waals surface area contributed by atoms with E-state index < -0.39 is 8.07 Å². The van der Waals surface area contributed by atoms with Crippen LogP contribution in [0, 0.1) is 0 Å². The third-order valence-electron chi connectivity index (χ3n) is 9.35. The number of rotatable bonds is 21. The van der Waals surface area contributed by atoms with Gasteiger partial charge < -0.3 is 10.1 Å². The zero-order valence-electron chi connectivity index (χ0n) is 32.8. The van der Waals surface area contributed by atoms with Crippen LogP contribution in [-0.4, -0.2) is 48.7 Å². The molecule has 0 atom stereocenters. The van der Waals surface area contributed by atoms with Gasteiger partial charge in [-0.2, -0.15) is 0 Å². The summed E-state index contributed by atoms with van der Waals surface area (Å²) in [7, 11) is -1.31. The van der Waals surface area contributed by atoms with Gasteiger partial charge in [0, 0.05) is 32.6 Å². The number of aromatic nitrogens is 1. The summed E-state index contributed by atoms with van der Waals surface area (Å²) in [5.74, 6) is 0.659. The van der Waals surface area contributed by atoms with Crippen molar-refractivity contribution in [1.82, 2.24) is 15.2 Å². The summed E-state index contributed by atoms with van der Waals surface area (Å²) in [5, 5.41) is 3.70. The predicted octanol–water partition coefficient (Wildman–Crippen LogP) is 10.7. The van der Waals surface area contributed by atoms with Crippen LogP contribution in [0.3, 0.4) is 0 Å². The minimum Gasteiger partial charge on any atom is -0.465 e. The summed E-state index contributed by atoms with van der Waals surface area (Å²) in [6, 6.07) is 46.6. The molecule has 4 aromatic carbocycles. The largest absolute Gasteiger partial charge is 0.465 e. The number of allylic oxidation sites excluding steroid dienone is 2. The maximum Gasteiger partial charge on any atom is 0.320 e. The molecule has 0 saturated heterocycles. The lowest BCUT2D eigenvalue weighted by atomic mass is 9.84. The number of halogens is 1. The SMILES string of the molecule is C[Si](C)(C)CCOC(=O)CN(Cc1ccc(Cl)cc1)Cc1cccc(CNC(=O)CC/C=C/CCSC(c2ccccc2)(c2ccccc2)c2ccccc2)n1. The van der Waals surface area contributed by atoms with E-state index in [2.05, 4.69) is 128 Å². The van der Waals surface area contributed by atoms with Crippen LogP contribution >= 0.6 is 23.4 Å². The van der Waals surface area contributed by atoms with Crippen LogP contribution in [0.5, 0.6) is 0 Å². The van der Waals surface area contributed by atoms with E-state index in [0.29, 0.717) is 44.1 Å². The highest BCUT2D eigenvalue weighted by molar-refractivity contribution is 8.00. The van der Waals surface area contributed by atoms with Crippen LogP contribution in [0.2, 0.25) is 30.7 Å². The molecular weight excluding hydrogens is 750 g/mol. The van der Waals surface area contributed by atoms with Gasteiger partial charge in [-0.3, -0.25) is 19.5 Å². The number of nitrogens with zero attached hydrogens (tertiary/aromatic N) is 2. The number of nitrogens with one attached hydrogen (secondary N) is 1. The Hall–Kier alpha value is -4.47. The Labute approximate surface area is 343 Å². The number of thioether (sulfide) groups is 1. The summed E-state index contributed by atoms with van der Waals surface area (Å²) < 4.78 is 5.28. The first-order valence-corrected chi connectivity index (χ1v) is 24.5. The number of carbonyl (C=O) groups excluding carboxylic acids is 2. The first-order valence-electron chi connectivity index (χ1n) is 19.4. The van der Waals surface area contributed by atoms with Crippen LogP contribution in [0.15, 0.2) is 146 Å². The average Bonchev–Trinajstić information content (AvgIpc) is 3.20. The van der Waals surface area contributed by atoms with Gasteiger partial charge in [0.05, 0.1) is 35.8 Å². The molecule has 1 amide bonds. The van der Waals surface area contributed by atoms with Crippen molar-refractivity contribution >= 4 is 43.3 Å². The molecule has 1 N–H and O–H groups in total. The van der Waals surface area contributed by atoms with E-state index >= 15 is 0 Å². The lowest BCUT2D eigenvalue weighted by Gasteiger charge is -2.35. The van der Waals surface area contributed by atoms with Crippen molar-refractivity contribution < 1.29 is 14.3 Å². The average molecular weight is 805 g/mol. The van der Waals surface area contributed by atoms with Crippen LogP contribution < -0.4 is 5.32 Å². The van der Waals surface area contributed by atoms with E-state index in [1.807, 2.05) is 59.1 Å². The van der Waals surface area contributed by atoms with Gasteiger partial charge in [0.1, 0.15) is 0 Å². The second-order valence-electron chi connectivity index (χ2n) is 15.1. The maximum atomic E-state index is 12.8. The second kappa shape index (κ2) is 21.7. The Morgan fingerprint density at radius 3 is 1.91 bits per heavy atom. The van der Waals surface area contributed by atoms with Crippen molar-refractivity contribution in [2.45, 2.75) is 69.3 Å². The molecule has 6 nitrogen and oxygen atoms in total. The molecule has 0 saturated carbocycles. The Balaban J connectivity index is 1.11. The van der Waals surface area contributed by atoms with Crippen molar-refractivity contribution in [3.63, 3.8) is 0 Å². The molecule has 0 aliphatic carbocycles. The summed E-state index contributed by atoms with van der Waals surface area (Å²) in [5.41, 5.74) is 6.40. The standard InChI is InChI=1S/C47H54ClN3O3SSi/c1-56(2,3)33-31-54-46(53)37-51(35-38-27-29-42(48)30-28-38)36-44-25-17-24-43(50-44)34-49-45(52)26-15-4-5-16-32-55-47(39-18-9-6-10-19-39,40-20-11-7-12-21-40)41-22-13-8-14-23-41/h4-14,17-25,27-30H,15-16,26,31-37H2,1-3H3,(H,49,52)/b5-4+. The summed E-state index contributed by atoms with van der Waals surface area (Å²) >= 11 is 8.06. The lowest BCUT2D eigenvalue weighted by molar-refractivity contribution is -0.144. The fourth-order valence-corrected chi connectivity index (χ4v) is 8.74. The van der Waals surface area contributed by atoms with Gasteiger partial charge in [0.15, 0.2) is 0 Å². The normalized spacial score (nSPS) is 11.9. The van der Waals surface area contributed by atoms with Crippen LogP contribution in [-0.2, 0) is 38.7 Å². The van der Waals surface area contributed by atoms with E-state index in [4.69, 9.17) is 21.3 Å². The van der Waals surface area contributed by atoms with E-state index in [9.17, 15) is 9.59 Å². The van der Waals surface area contributed by atoms with Crippen LogP contribution in [0.1, 0.15) is 52.9 Å². The zero-order chi connectivity index (χ0) is 39.6. The van der Waals surface area contributed by atoms with Crippen LogP contribution in [0.4, 0.5) is 0 Å². The molecule has 0 aliphatic heterocycles. The Kier molecular flexibility index (Phi) is 16.6. The van der Waals surface area contributed by atoms with E-state index in [1.54, 1.807) is 0 Å². The Bertz CT molecular complexity index is 1880.